The molecule has 196 valence electrons. The average Bonchev–Trinajstić information content (AvgIpc) is 2.93. The summed E-state index contributed by atoms with van der Waals surface area (Å²) in [5.74, 6) is -2.12. The van der Waals surface area contributed by atoms with E-state index in [4.69, 9.17) is 9.47 Å². The van der Waals surface area contributed by atoms with Crippen molar-refractivity contribution >= 4 is 35.6 Å². The van der Waals surface area contributed by atoms with Gasteiger partial charge in [0, 0.05) is 5.69 Å². The summed E-state index contributed by atoms with van der Waals surface area (Å²) >= 11 is 0. The Kier molecular flexibility index (Phi) is 10.1. The van der Waals surface area contributed by atoms with Crippen molar-refractivity contribution < 1.29 is 28.7 Å². The van der Waals surface area contributed by atoms with Gasteiger partial charge < -0.3 is 20.1 Å². The second-order valence-corrected chi connectivity index (χ2v) is 8.01. The van der Waals surface area contributed by atoms with Crippen LogP contribution in [0.1, 0.15) is 41.4 Å². The monoisotopic (exact) mass is 516 g/mol. The third-order valence-electron chi connectivity index (χ3n) is 5.17. The Morgan fingerprint density at radius 1 is 0.895 bits per heavy atom. The highest BCUT2D eigenvalue weighted by atomic mass is 16.5. The molecule has 0 bridgehead atoms. The summed E-state index contributed by atoms with van der Waals surface area (Å²) in [5, 5.41) is 9.07. The van der Waals surface area contributed by atoms with Crippen molar-refractivity contribution in [3.8, 4) is 5.75 Å². The molecule has 0 aliphatic carbocycles. The molecule has 0 unspecified atom stereocenters. The van der Waals surface area contributed by atoms with Crippen molar-refractivity contribution in [1.82, 2.24) is 10.7 Å². The van der Waals surface area contributed by atoms with Gasteiger partial charge in [-0.1, -0.05) is 30.3 Å². The van der Waals surface area contributed by atoms with Crippen molar-refractivity contribution in [2.24, 2.45) is 5.10 Å². The van der Waals surface area contributed by atoms with E-state index in [1.165, 1.54) is 30.5 Å². The number of carbonyl (C=O) groups is 4. The molecule has 38 heavy (non-hydrogen) atoms. The number of anilines is 1. The van der Waals surface area contributed by atoms with Gasteiger partial charge in [0.15, 0.2) is 6.61 Å². The molecule has 0 aliphatic rings. The predicted molar refractivity (Wildman–Crippen MR) is 142 cm³/mol. The van der Waals surface area contributed by atoms with Crippen LogP contribution in [0.15, 0.2) is 84.0 Å². The molecule has 0 aliphatic heterocycles. The number of benzene rings is 3. The molecule has 10 heteroatoms. The van der Waals surface area contributed by atoms with Crippen LogP contribution in [0.25, 0.3) is 0 Å². The van der Waals surface area contributed by atoms with Gasteiger partial charge in [-0.3, -0.25) is 14.4 Å². The van der Waals surface area contributed by atoms with Crippen LogP contribution >= 0.6 is 0 Å². The van der Waals surface area contributed by atoms with Crippen LogP contribution < -0.4 is 20.8 Å². The average molecular weight is 517 g/mol. The van der Waals surface area contributed by atoms with Gasteiger partial charge in [-0.05, 0) is 73.5 Å². The van der Waals surface area contributed by atoms with Gasteiger partial charge in [-0.2, -0.15) is 5.10 Å². The van der Waals surface area contributed by atoms with Crippen LogP contribution in [-0.4, -0.2) is 43.1 Å². The van der Waals surface area contributed by atoms with E-state index >= 15 is 0 Å². The Hall–Kier alpha value is -4.99. The summed E-state index contributed by atoms with van der Waals surface area (Å²) in [4.78, 5) is 47.9. The highest BCUT2D eigenvalue weighted by Crippen LogP contribution is 2.13. The van der Waals surface area contributed by atoms with Crippen molar-refractivity contribution in [3.05, 3.63) is 95.6 Å². The number of hydrogen-bond donors (Lipinski definition) is 3. The molecule has 3 rings (SSSR count). The Balaban J connectivity index is 1.41. The number of esters is 1. The SMILES string of the molecule is CCOC(=O)c1ccc(NC(=O)C(=O)N/N=C\c2ccc(OCC(=O)N[C@@H](C)c3ccccc3)cc2)cc1. The van der Waals surface area contributed by atoms with Gasteiger partial charge in [-0.15, -0.1) is 0 Å². The van der Waals surface area contributed by atoms with Crippen LogP contribution in [0.2, 0.25) is 0 Å². The second kappa shape index (κ2) is 13.9. The number of carbonyl (C=O) groups excluding carboxylic acids is 4. The molecule has 3 aromatic carbocycles. The number of nitrogens with zero attached hydrogens (tertiary/aromatic N) is 1. The summed E-state index contributed by atoms with van der Waals surface area (Å²) in [6.07, 6.45) is 1.36. The van der Waals surface area contributed by atoms with Crippen molar-refractivity contribution in [3.63, 3.8) is 0 Å². The van der Waals surface area contributed by atoms with Crippen molar-refractivity contribution in [2.75, 3.05) is 18.5 Å². The lowest BCUT2D eigenvalue weighted by molar-refractivity contribution is -0.136. The van der Waals surface area contributed by atoms with Crippen LogP contribution in [0.3, 0.4) is 0 Å². The van der Waals surface area contributed by atoms with E-state index in [1.54, 1.807) is 31.2 Å². The lowest BCUT2D eigenvalue weighted by Gasteiger charge is -2.14. The number of nitrogens with one attached hydrogen (secondary N) is 3. The van der Waals surface area contributed by atoms with Crippen LogP contribution in [-0.2, 0) is 19.1 Å². The zero-order chi connectivity index (χ0) is 27.3. The first kappa shape index (κ1) is 27.6. The Labute approximate surface area is 220 Å². The molecule has 0 saturated heterocycles. The Morgan fingerprint density at radius 2 is 1.58 bits per heavy atom. The largest absolute Gasteiger partial charge is 0.484 e. The topological polar surface area (TPSA) is 135 Å². The molecule has 0 aromatic heterocycles. The minimum Gasteiger partial charge on any atom is -0.484 e. The first-order valence-electron chi connectivity index (χ1n) is 11.8. The number of rotatable bonds is 10. The third kappa shape index (κ3) is 8.59. The molecule has 10 nitrogen and oxygen atoms in total. The summed E-state index contributed by atoms with van der Waals surface area (Å²) in [7, 11) is 0. The number of hydrazone groups is 1. The molecule has 1 atom stereocenters. The smallest absolute Gasteiger partial charge is 0.338 e. The Bertz CT molecular complexity index is 1270. The molecular formula is C28H28N4O6. The van der Waals surface area contributed by atoms with Gasteiger partial charge >= 0.3 is 17.8 Å². The van der Waals surface area contributed by atoms with Gasteiger partial charge in [0.1, 0.15) is 5.75 Å². The minimum atomic E-state index is -0.966. The van der Waals surface area contributed by atoms with Crippen molar-refractivity contribution in [2.45, 2.75) is 19.9 Å². The first-order chi connectivity index (χ1) is 18.4. The third-order valence-corrected chi connectivity index (χ3v) is 5.17. The quantitative estimate of drug-likeness (QED) is 0.164. The van der Waals surface area contributed by atoms with Crippen molar-refractivity contribution in [1.29, 1.82) is 0 Å². The van der Waals surface area contributed by atoms with E-state index in [1.807, 2.05) is 37.3 Å². The minimum absolute atomic E-state index is 0.138. The summed E-state index contributed by atoms with van der Waals surface area (Å²) in [6.45, 7) is 3.72. The van der Waals surface area contributed by atoms with Crippen LogP contribution in [0.4, 0.5) is 5.69 Å². The molecule has 3 N–H and O–H groups in total. The fourth-order valence-corrected chi connectivity index (χ4v) is 3.22. The molecular weight excluding hydrogens is 488 g/mol. The zero-order valence-electron chi connectivity index (χ0n) is 21.0. The van der Waals surface area contributed by atoms with E-state index < -0.39 is 17.8 Å². The number of hydrogen-bond acceptors (Lipinski definition) is 7. The fourth-order valence-electron chi connectivity index (χ4n) is 3.22. The maximum Gasteiger partial charge on any atom is 0.338 e. The van der Waals surface area contributed by atoms with E-state index in [9.17, 15) is 19.2 Å². The van der Waals surface area contributed by atoms with Crippen LogP contribution in [0, 0.1) is 0 Å². The maximum absolute atomic E-state index is 12.2. The predicted octanol–water partition coefficient (Wildman–Crippen LogP) is 3.21. The highest BCUT2D eigenvalue weighted by Gasteiger charge is 2.14. The fraction of sp³-hybridized carbons (Fsp3) is 0.179. The standard InChI is InChI=1S/C28H28N4O6/c1-3-37-28(36)22-11-13-23(14-12-22)31-26(34)27(35)32-29-17-20-9-15-24(16-10-20)38-18-25(33)30-19(2)21-7-5-4-6-8-21/h4-17,19H,3,18H2,1-2H3,(H,30,33)(H,31,34)(H,32,35)/b29-17-/t19-/m0/s1. The van der Waals surface area contributed by atoms with E-state index in [0.717, 1.165) is 5.56 Å². The second-order valence-electron chi connectivity index (χ2n) is 8.01. The highest BCUT2D eigenvalue weighted by molar-refractivity contribution is 6.39. The van der Waals surface area contributed by atoms with Crippen LogP contribution in [0.5, 0.6) is 5.75 Å². The van der Waals surface area contributed by atoms with E-state index in [-0.39, 0.29) is 25.2 Å². The maximum atomic E-state index is 12.2. The summed E-state index contributed by atoms with van der Waals surface area (Å²) < 4.78 is 10.4. The Morgan fingerprint density at radius 3 is 2.24 bits per heavy atom. The molecule has 0 fully saturated rings. The van der Waals surface area contributed by atoms with E-state index in [2.05, 4.69) is 21.2 Å². The van der Waals surface area contributed by atoms with E-state index in [0.29, 0.717) is 22.6 Å². The van der Waals surface area contributed by atoms with Gasteiger partial charge in [0.05, 0.1) is 24.4 Å². The normalized spacial score (nSPS) is 11.3. The van der Waals surface area contributed by atoms with Gasteiger partial charge in [0.2, 0.25) is 0 Å². The molecule has 3 aromatic rings. The summed E-state index contributed by atoms with van der Waals surface area (Å²) in [5.41, 5.74) is 4.44. The number of amides is 3. The van der Waals surface area contributed by atoms with Gasteiger partial charge in [0.25, 0.3) is 5.91 Å². The number of ether oxygens (including phenoxy) is 2. The molecule has 0 radical (unpaired) electrons. The lowest BCUT2D eigenvalue weighted by atomic mass is 10.1. The molecule has 3 amide bonds. The van der Waals surface area contributed by atoms with Gasteiger partial charge in [-0.25, -0.2) is 10.2 Å². The zero-order valence-corrected chi connectivity index (χ0v) is 21.0. The molecule has 0 spiro atoms. The first-order valence-corrected chi connectivity index (χ1v) is 11.8. The summed E-state index contributed by atoms with van der Waals surface area (Å²) in [6, 6.07) is 22.1. The molecule has 0 heterocycles. The lowest BCUT2D eigenvalue weighted by Crippen LogP contribution is -2.32. The molecule has 0 saturated carbocycles.